The lowest BCUT2D eigenvalue weighted by Gasteiger charge is -2.12. The molecule has 0 aromatic rings. The van der Waals surface area contributed by atoms with Crippen LogP contribution in [0.3, 0.4) is 0 Å². The smallest absolute Gasteiger partial charge is 0.370 e. The summed E-state index contributed by atoms with van der Waals surface area (Å²) in [5, 5.41) is 19.0. The van der Waals surface area contributed by atoms with Crippen molar-refractivity contribution >= 4 is 30.0 Å². The molecule has 0 fully saturated rings. The van der Waals surface area contributed by atoms with Gasteiger partial charge in [0.25, 0.3) is 0 Å². The SMILES string of the molecule is N=C(N)NCCC[C@H](N)C(=O)OC(=O)OC(=O)[C@@H](N)CCCNC(=N)N. The molecule has 0 unspecified atom stereocenters. The molecule has 0 aromatic carbocycles. The first-order valence-electron chi connectivity index (χ1n) is 7.77. The predicted molar refractivity (Wildman–Crippen MR) is 91.8 cm³/mol. The lowest BCUT2D eigenvalue weighted by atomic mass is 10.2. The Morgan fingerprint density at radius 3 is 1.46 bits per heavy atom. The van der Waals surface area contributed by atoms with Crippen molar-refractivity contribution in [3.05, 3.63) is 0 Å². The minimum Gasteiger partial charge on any atom is -0.370 e. The summed E-state index contributed by atoms with van der Waals surface area (Å²) in [7, 11) is 0. The minimum atomic E-state index is -1.50. The molecule has 13 heteroatoms. The quantitative estimate of drug-likeness (QED) is 0.0645. The van der Waals surface area contributed by atoms with Gasteiger partial charge in [-0.1, -0.05) is 0 Å². The van der Waals surface area contributed by atoms with Gasteiger partial charge in [0.2, 0.25) is 0 Å². The second kappa shape index (κ2) is 12.4. The molecule has 26 heavy (non-hydrogen) atoms. The summed E-state index contributed by atoms with van der Waals surface area (Å²) in [6.45, 7) is 0.652. The van der Waals surface area contributed by atoms with Gasteiger partial charge in [0.15, 0.2) is 11.9 Å². The summed E-state index contributed by atoms with van der Waals surface area (Å²) < 4.78 is 8.64. The summed E-state index contributed by atoms with van der Waals surface area (Å²) >= 11 is 0. The summed E-state index contributed by atoms with van der Waals surface area (Å²) in [5.41, 5.74) is 21.2. The highest BCUT2D eigenvalue weighted by Crippen LogP contribution is 2.01. The molecule has 0 spiro atoms. The van der Waals surface area contributed by atoms with E-state index in [9.17, 15) is 14.4 Å². The van der Waals surface area contributed by atoms with Gasteiger partial charge in [0.1, 0.15) is 12.1 Å². The van der Waals surface area contributed by atoms with Gasteiger partial charge < -0.3 is 43.0 Å². The Labute approximate surface area is 150 Å². The van der Waals surface area contributed by atoms with E-state index in [2.05, 4.69) is 20.1 Å². The molecular formula is C13H26N8O5. The molecule has 0 saturated heterocycles. The fraction of sp³-hybridized carbons (Fsp3) is 0.615. The lowest BCUT2D eigenvalue weighted by molar-refractivity contribution is -0.148. The molecule has 2 atom stereocenters. The van der Waals surface area contributed by atoms with Crippen molar-refractivity contribution in [2.24, 2.45) is 22.9 Å². The number of carbonyl (C=O) groups excluding carboxylic acids is 3. The highest BCUT2D eigenvalue weighted by molar-refractivity contribution is 5.91. The average Bonchev–Trinajstić information content (AvgIpc) is 2.54. The van der Waals surface area contributed by atoms with Crippen molar-refractivity contribution in [3.8, 4) is 0 Å². The molecule has 0 aliphatic heterocycles. The zero-order chi connectivity index (χ0) is 20.1. The minimum absolute atomic E-state index is 0.170. The average molecular weight is 374 g/mol. The molecule has 13 nitrogen and oxygen atoms in total. The molecule has 0 heterocycles. The predicted octanol–water partition coefficient (Wildman–Crippen LogP) is -2.63. The van der Waals surface area contributed by atoms with Crippen molar-refractivity contribution in [1.82, 2.24) is 10.6 Å². The first-order valence-corrected chi connectivity index (χ1v) is 7.77. The summed E-state index contributed by atoms with van der Waals surface area (Å²) in [6.07, 6.45) is -0.354. The summed E-state index contributed by atoms with van der Waals surface area (Å²) in [5.74, 6) is -2.52. The second-order valence-corrected chi connectivity index (χ2v) is 5.27. The highest BCUT2D eigenvalue weighted by atomic mass is 16.8. The van der Waals surface area contributed by atoms with Gasteiger partial charge in [0, 0.05) is 13.1 Å². The van der Waals surface area contributed by atoms with E-state index in [1.807, 2.05) is 0 Å². The van der Waals surface area contributed by atoms with Gasteiger partial charge in [-0.2, -0.15) is 0 Å². The molecule has 0 rings (SSSR count). The maximum Gasteiger partial charge on any atom is 0.524 e. The van der Waals surface area contributed by atoms with Crippen LogP contribution in [-0.2, 0) is 19.1 Å². The first kappa shape index (κ1) is 23.1. The van der Waals surface area contributed by atoms with Crippen LogP contribution >= 0.6 is 0 Å². The molecule has 12 N–H and O–H groups in total. The van der Waals surface area contributed by atoms with Crippen LogP contribution in [0.5, 0.6) is 0 Å². The van der Waals surface area contributed by atoms with Crippen LogP contribution in [0, 0.1) is 10.8 Å². The van der Waals surface area contributed by atoms with Crippen molar-refractivity contribution in [3.63, 3.8) is 0 Å². The van der Waals surface area contributed by atoms with E-state index >= 15 is 0 Å². The van der Waals surface area contributed by atoms with Crippen LogP contribution in [0.25, 0.3) is 0 Å². The molecule has 0 aromatic heterocycles. The lowest BCUT2D eigenvalue weighted by Crippen LogP contribution is -2.38. The van der Waals surface area contributed by atoms with Gasteiger partial charge in [-0.05, 0) is 25.7 Å². The van der Waals surface area contributed by atoms with Gasteiger partial charge in [-0.15, -0.1) is 0 Å². The molecule has 0 aliphatic rings. The van der Waals surface area contributed by atoms with Crippen molar-refractivity contribution < 1.29 is 23.9 Å². The van der Waals surface area contributed by atoms with E-state index in [1.165, 1.54) is 0 Å². The number of nitrogens with two attached hydrogens (primary N) is 4. The van der Waals surface area contributed by atoms with Crippen molar-refractivity contribution in [2.45, 2.75) is 37.8 Å². The molecular weight excluding hydrogens is 348 g/mol. The number of hydrogen-bond acceptors (Lipinski definition) is 9. The second-order valence-electron chi connectivity index (χ2n) is 5.27. The molecule has 0 saturated carbocycles. The standard InChI is InChI=1S/C13H26N8O5/c14-7(3-1-5-20-11(16)17)9(22)25-13(24)26-10(23)8(15)4-2-6-21-12(18)19/h7-8H,1-6,14-15H2,(H4,16,17,20)(H4,18,19,21)/t7-,8-/m0/s1. The normalized spacial score (nSPS) is 12.4. The van der Waals surface area contributed by atoms with E-state index in [0.29, 0.717) is 25.9 Å². The maximum absolute atomic E-state index is 11.6. The highest BCUT2D eigenvalue weighted by Gasteiger charge is 2.24. The largest absolute Gasteiger partial charge is 0.524 e. The Morgan fingerprint density at radius 2 is 1.15 bits per heavy atom. The fourth-order valence-electron chi connectivity index (χ4n) is 1.66. The van der Waals surface area contributed by atoms with E-state index in [0.717, 1.165) is 0 Å². The molecule has 0 aliphatic carbocycles. The third-order valence-corrected chi connectivity index (χ3v) is 2.99. The Bertz CT molecular complexity index is 483. The summed E-state index contributed by atoms with van der Waals surface area (Å²) in [6, 6.07) is -2.20. The number of esters is 2. The fourth-order valence-corrected chi connectivity index (χ4v) is 1.66. The Hall–Kier alpha value is -2.93. The molecule has 0 amide bonds. The van der Waals surface area contributed by atoms with E-state index in [4.69, 9.17) is 33.8 Å². The number of guanidine groups is 2. The van der Waals surface area contributed by atoms with Gasteiger partial charge in [-0.25, -0.2) is 14.4 Å². The van der Waals surface area contributed by atoms with Gasteiger partial charge in [-0.3, -0.25) is 10.8 Å². The molecule has 0 bridgehead atoms. The third kappa shape index (κ3) is 11.6. The van der Waals surface area contributed by atoms with E-state index in [1.54, 1.807) is 0 Å². The van der Waals surface area contributed by atoms with E-state index in [-0.39, 0.29) is 24.8 Å². The third-order valence-electron chi connectivity index (χ3n) is 2.99. The van der Waals surface area contributed by atoms with Crippen LogP contribution in [-0.4, -0.2) is 55.2 Å². The van der Waals surface area contributed by atoms with E-state index < -0.39 is 30.2 Å². The number of carbonyl (C=O) groups is 3. The Kier molecular flexibility index (Phi) is 11.0. The number of nitrogens with one attached hydrogen (secondary N) is 4. The zero-order valence-electron chi connectivity index (χ0n) is 14.2. The first-order chi connectivity index (χ1) is 12.1. The number of rotatable bonds is 10. The maximum atomic E-state index is 11.6. The zero-order valence-corrected chi connectivity index (χ0v) is 14.2. The molecule has 148 valence electrons. The van der Waals surface area contributed by atoms with Crippen molar-refractivity contribution in [2.75, 3.05) is 13.1 Å². The number of hydrogen-bond donors (Lipinski definition) is 8. The number of ether oxygens (including phenoxy) is 2. The van der Waals surface area contributed by atoms with Crippen LogP contribution in [0.15, 0.2) is 0 Å². The van der Waals surface area contributed by atoms with Crippen LogP contribution in [0.4, 0.5) is 4.79 Å². The monoisotopic (exact) mass is 374 g/mol. The van der Waals surface area contributed by atoms with Gasteiger partial charge >= 0.3 is 18.1 Å². The van der Waals surface area contributed by atoms with Crippen LogP contribution in [0.2, 0.25) is 0 Å². The van der Waals surface area contributed by atoms with Gasteiger partial charge in [0.05, 0.1) is 0 Å². The Morgan fingerprint density at radius 1 is 0.808 bits per heavy atom. The molecule has 0 radical (unpaired) electrons. The van der Waals surface area contributed by atoms with Crippen molar-refractivity contribution in [1.29, 1.82) is 10.8 Å². The van der Waals surface area contributed by atoms with Crippen LogP contribution in [0.1, 0.15) is 25.7 Å². The topological polar surface area (TPSA) is 246 Å². The summed E-state index contributed by atoms with van der Waals surface area (Å²) in [4.78, 5) is 34.6. The van der Waals surface area contributed by atoms with Crippen LogP contribution < -0.4 is 33.6 Å². The Balaban J connectivity index is 4.06.